The van der Waals surface area contributed by atoms with Gasteiger partial charge in [0.2, 0.25) is 0 Å². The molecule has 0 bridgehead atoms. The molecular formula is C14H18N2O5. The van der Waals surface area contributed by atoms with Crippen molar-refractivity contribution >= 4 is 23.7 Å². The lowest BCUT2D eigenvalue weighted by Gasteiger charge is -2.20. The smallest absolute Gasteiger partial charge is 0.335 e. The maximum absolute atomic E-state index is 11.8. The van der Waals surface area contributed by atoms with Gasteiger partial charge in [-0.1, -0.05) is 26.3 Å². The number of amides is 2. The number of carbonyl (C=O) groups excluding carboxylic acids is 1. The summed E-state index contributed by atoms with van der Waals surface area (Å²) in [5.74, 6) is -2.44. The van der Waals surface area contributed by atoms with Crippen molar-refractivity contribution in [2.24, 2.45) is 5.92 Å². The van der Waals surface area contributed by atoms with Crippen LogP contribution < -0.4 is 10.6 Å². The van der Waals surface area contributed by atoms with Gasteiger partial charge in [0, 0.05) is 5.69 Å². The predicted molar refractivity (Wildman–Crippen MR) is 76.4 cm³/mol. The molecule has 1 aromatic rings. The van der Waals surface area contributed by atoms with Crippen LogP contribution in [-0.2, 0) is 4.79 Å². The summed E-state index contributed by atoms with van der Waals surface area (Å²) in [7, 11) is 0. The molecule has 7 heteroatoms. The van der Waals surface area contributed by atoms with Gasteiger partial charge in [0.1, 0.15) is 6.04 Å². The third-order valence-electron chi connectivity index (χ3n) is 3.13. The molecule has 0 aliphatic carbocycles. The van der Waals surface area contributed by atoms with Gasteiger partial charge in [-0.15, -0.1) is 0 Å². The molecule has 0 saturated heterocycles. The second kappa shape index (κ2) is 7.28. The van der Waals surface area contributed by atoms with E-state index in [2.05, 4.69) is 10.6 Å². The third kappa shape index (κ3) is 4.79. The van der Waals surface area contributed by atoms with Crippen LogP contribution in [0.4, 0.5) is 10.5 Å². The minimum atomic E-state index is -1.11. The number of benzene rings is 1. The third-order valence-corrected chi connectivity index (χ3v) is 3.13. The van der Waals surface area contributed by atoms with E-state index in [0.29, 0.717) is 6.42 Å². The van der Waals surface area contributed by atoms with Gasteiger partial charge in [0.05, 0.1) is 5.56 Å². The van der Waals surface area contributed by atoms with Crippen molar-refractivity contribution in [1.29, 1.82) is 0 Å². The van der Waals surface area contributed by atoms with Crippen LogP contribution >= 0.6 is 0 Å². The van der Waals surface area contributed by atoms with Gasteiger partial charge in [0.25, 0.3) is 0 Å². The van der Waals surface area contributed by atoms with Crippen LogP contribution in [0.15, 0.2) is 24.3 Å². The summed E-state index contributed by atoms with van der Waals surface area (Å²) in [4.78, 5) is 33.7. The Kier molecular flexibility index (Phi) is 5.71. The largest absolute Gasteiger partial charge is 0.480 e. The van der Waals surface area contributed by atoms with Crippen molar-refractivity contribution in [1.82, 2.24) is 5.32 Å². The molecule has 0 aromatic heterocycles. The quantitative estimate of drug-likeness (QED) is 0.640. The number of hydrogen-bond acceptors (Lipinski definition) is 3. The zero-order valence-electron chi connectivity index (χ0n) is 11.8. The molecule has 0 aliphatic heterocycles. The molecule has 0 heterocycles. The minimum absolute atomic E-state index is 0.0320. The SMILES string of the molecule is CCC(C)[C@H](NC(=O)Nc1cccc(C(=O)O)c1)C(=O)O. The fraction of sp³-hybridized carbons (Fsp3) is 0.357. The number of aromatic carboxylic acids is 1. The fourth-order valence-corrected chi connectivity index (χ4v) is 1.72. The Morgan fingerprint density at radius 1 is 1.24 bits per heavy atom. The molecule has 0 fully saturated rings. The maximum Gasteiger partial charge on any atom is 0.335 e. The van der Waals surface area contributed by atoms with Crippen LogP contribution in [0, 0.1) is 5.92 Å². The number of aliphatic carboxylic acids is 1. The topological polar surface area (TPSA) is 116 Å². The second-order valence-electron chi connectivity index (χ2n) is 4.69. The Morgan fingerprint density at radius 2 is 1.90 bits per heavy atom. The molecule has 2 atom stereocenters. The molecule has 1 rings (SSSR count). The number of carbonyl (C=O) groups is 3. The molecule has 21 heavy (non-hydrogen) atoms. The molecule has 0 radical (unpaired) electrons. The molecule has 1 aromatic carbocycles. The fourth-order valence-electron chi connectivity index (χ4n) is 1.72. The van der Waals surface area contributed by atoms with Crippen molar-refractivity contribution in [3.8, 4) is 0 Å². The Balaban J connectivity index is 2.74. The van der Waals surface area contributed by atoms with E-state index in [4.69, 9.17) is 10.2 Å². The summed E-state index contributed by atoms with van der Waals surface area (Å²) in [6.45, 7) is 3.56. The number of anilines is 1. The van der Waals surface area contributed by atoms with Gasteiger partial charge < -0.3 is 20.8 Å². The number of nitrogens with one attached hydrogen (secondary N) is 2. The predicted octanol–water partition coefficient (Wildman–Crippen LogP) is 2.01. The minimum Gasteiger partial charge on any atom is -0.480 e. The van der Waals surface area contributed by atoms with E-state index < -0.39 is 24.0 Å². The summed E-state index contributed by atoms with van der Waals surface area (Å²) in [5, 5.41) is 22.7. The summed E-state index contributed by atoms with van der Waals surface area (Å²) in [5.41, 5.74) is 0.310. The van der Waals surface area contributed by atoms with E-state index in [0.717, 1.165) is 0 Å². The molecule has 114 valence electrons. The lowest BCUT2D eigenvalue weighted by atomic mass is 9.99. The van der Waals surface area contributed by atoms with Crippen LogP contribution in [0.1, 0.15) is 30.6 Å². The Bertz CT molecular complexity index is 544. The maximum atomic E-state index is 11.8. The van der Waals surface area contributed by atoms with E-state index >= 15 is 0 Å². The summed E-state index contributed by atoms with van der Waals surface area (Å²) in [6.07, 6.45) is 0.603. The van der Waals surface area contributed by atoms with E-state index in [1.807, 2.05) is 6.92 Å². The first-order valence-corrected chi connectivity index (χ1v) is 6.48. The summed E-state index contributed by atoms with van der Waals surface area (Å²) < 4.78 is 0. The van der Waals surface area contributed by atoms with Gasteiger partial charge in [-0.2, -0.15) is 0 Å². The van der Waals surface area contributed by atoms with Crippen molar-refractivity contribution in [2.75, 3.05) is 5.32 Å². The van der Waals surface area contributed by atoms with Gasteiger partial charge >= 0.3 is 18.0 Å². The first kappa shape index (κ1) is 16.5. The molecule has 2 amide bonds. The van der Waals surface area contributed by atoms with Crippen LogP contribution in [0.25, 0.3) is 0 Å². The van der Waals surface area contributed by atoms with E-state index in [1.165, 1.54) is 24.3 Å². The number of hydrogen-bond donors (Lipinski definition) is 4. The molecular weight excluding hydrogens is 276 g/mol. The highest BCUT2D eigenvalue weighted by molar-refractivity contribution is 5.94. The van der Waals surface area contributed by atoms with Crippen molar-refractivity contribution in [2.45, 2.75) is 26.3 Å². The zero-order chi connectivity index (χ0) is 16.0. The molecule has 4 N–H and O–H groups in total. The summed E-state index contributed by atoms with van der Waals surface area (Å²) >= 11 is 0. The molecule has 1 unspecified atom stereocenters. The van der Waals surface area contributed by atoms with Crippen LogP contribution in [-0.4, -0.2) is 34.2 Å². The highest BCUT2D eigenvalue weighted by atomic mass is 16.4. The highest BCUT2D eigenvalue weighted by Crippen LogP contribution is 2.12. The molecule has 0 aliphatic rings. The van der Waals surface area contributed by atoms with Gasteiger partial charge in [-0.05, 0) is 24.1 Å². The van der Waals surface area contributed by atoms with Gasteiger partial charge in [0.15, 0.2) is 0 Å². The monoisotopic (exact) mass is 294 g/mol. The average Bonchev–Trinajstić information content (AvgIpc) is 2.43. The van der Waals surface area contributed by atoms with Crippen LogP contribution in [0.3, 0.4) is 0 Å². The molecule has 7 nitrogen and oxygen atoms in total. The van der Waals surface area contributed by atoms with Crippen molar-refractivity contribution in [3.05, 3.63) is 29.8 Å². The van der Waals surface area contributed by atoms with Crippen molar-refractivity contribution < 1.29 is 24.6 Å². The first-order chi connectivity index (χ1) is 9.85. The Hall–Kier alpha value is -2.57. The number of rotatable bonds is 6. The van der Waals surface area contributed by atoms with Crippen LogP contribution in [0.2, 0.25) is 0 Å². The number of carboxylic acids is 2. The van der Waals surface area contributed by atoms with E-state index in [1.54, 1.807) is 6.92 Å². The highest BCUT2D eigenvalue weighted by Gasteiger charge is 2.25. The first-order valence-electron chi connectivity index (χ1n) is 6.48. The van der Waals surface area contributed by atoms with E-state index in [-0.39, 0.29) is 17.2 Å². The zero-order valence-corrected chi connectivity index (χ0v) is 11.8. The summed E-state index contributed by atoms with van der Waals surface area (Å²) in [6, 6.07) is 4.00. The van der Waals surface area contributed by atoms with Crippen LogP contribution in [0.5, 0.6) is 0 Å². The lowest BCUT2D eigenvalue weighted by molar-refractivity contribution is -0.140. The number of carboxylic acid groups (broad SMARTS) is 2. The van der Waals surface area contributed by atoms with Gasteiger partial charge in [-0.3, -0.25) is 0 Å². The second-order valence-corrected chi connectivity index (χ2v) is 4.69. The van der Waals surface area contributed by atoms with Gasteiger partial charge in [-0.25, -0.2) is 14.4 Å². The number of urea groups is 1. The van der Waals surface area contributed by atoms with E-state index in [9.17, 15) is 14.4 Å². The average molecular weight is 294 g/mol. The lowest BCUT2D eigenvalue weighted by Crippen LogP contribution is -2.46. The standard InChI is InChI=1S/C14H18N2O5/c1-3-8(2)11(13(19)20)16-14(21)15-10-6-4-5-9(7-10)12(17)18/h4-8,11H,3H2,1-2H3,(H,17,18)(H,19,20)(H2,15,16,21)/t8?,11-/m0/s1. The Labute approximate surface area is 122 Å². The van der Waals surface area contributed by atoms with Crippen molar-refractivity contribution in [3.63, 3.8) is 0 Å². The molecule has 0 spiro atoms. The molecule has 0 saturated carbocycles. The Morgan fingerprint density at radius 3 is 2.43 bits per heavy atom. The normalized spacial score (nSPS) is 13.0.